The van der Waals surface area contributed by atoms with Gasteiger partial charge in [-0.25, -0.2) is 9.36 Å². The highest BCUT2D eigenvalue weighted by Crippen LogP contribution is 2.37. The van der Waals surface area contributed by atoms with Crippen LogP contribution in [0.15, 0.2) is 27.9 Å². The van der Waals surface area contributed by atoms with Crippen LogP contribution in [0.5, 0.6) is 0 Å². The maximum atomic E-state index is 11.8. The molecule has 9 nitrogen and oxygen atoms in total. The third-order valence-electron chi connectivity index (χ3n) is 3.50. The molecule has 0 amide bonds. The summed E-state index contributed by atoms with van der Waals surface area (Å²) in [5.41, 5.74) is -0.675. The Morgan fingerprint density at radius 1 is 1.41 bits per heavy atom. The fraction of sp³-hybridized carbons (Fsp3) is 0.500. The molecule has 3 atom stereocenters. The molecule has 1 aromatic heterocycles. The van der Waals surface area contributed by atoms with Crippen LogP contribution in [0.3, 0.4) is 0 Å². The molecule has 0 saturated carbocycles. The minimum absolute atomic E-state index is 0.164. The van der Waals surface area contributed by atoms with Gasteiger partial charge in [-0.1, -0.05) is 12.2 Å². The van der Waals surface area contributed by atoms with Crippen molar-refractivity contribution in [3.05, 3.63) is 44.8 Å². The zero-order valence-corrected chi connectivity index (χ0v) is 12.6. The number of H-pyrrole nitrogens is 1. The number of aromatic amines is 1. The van der Waals surface area contributed by atoms with Crippen molar-refractivity contribution in [2.45, 2.75) is 25.5 Å². The highest BCUT2D eigenvalue weighted by atomic mass is 31.2. The Hall–Kier alpha value is -1.51. The summed E-state index contributed by atoms with van der Waals surface area (Å²) in [5.74, 6) is -0.580. The van der Waals surface area contributed by atoms with E-state index in [4.69, 9.17) is 9.79 Å². The van der Waals surface area contributed by atoms with Crippen molar-refractivity contribution in [3.8, 4) is 0 Å². The number of phosphoric ester groups is 1. The highest BCUT2D eigenvalue weighted by Gasteiger charge is 2.28. The lowest BCUT2D eigenvalue weighted by atomic mass is 9.90. The van der Waals surface area contributed by atoms with Gasteiger partial charge in [0.15, 0.2) is 0 Å². The molecule has 1 aliphatic carbocycles. The van der Waals surface area contributed by atoms with Crippen LogP contribution in [0.2, 0.25) is 0 Å². The normalized spacial score (nSPS) is 25.4. The van der Waals surface area contributed by atoms with E-state index in [0.717, 1.165) is 0 Å². The lowest BCUT2D eigenvalue weighted by Crippen LogP contribution is -2.37. The molecular weight excluding hydrogens is 315 g/mol. The van der Waals surface area contributed by atoms with E-state index in [2.05, 4.69) is 9.51 Å². The quantitative estimate of drug-likeness (QED) is 0.427. The summed E-state index contributed by atoms with van der Waals surface area (Å²) < 4.78 is 16.3. The number of aliphatic hydroxyl groups is 1. The molecule has 1 aromatic rings. The van der Waals surface area contributed by atoms with Crippen molar-refractivity contribution in [2.24, 2.45) is 5.92 Å². The summed E-state index contributed by atoms with van der Waals surface area (Å²) in [5, 5.41) is 10.0. The summed E-state index contributed by atoms with van der Waals surface area (Å²) in [6.07, 6.45) is 3.83. The van der Waals surface area contributed by atoms with E-state index in [9.17, 15) is 19.3 Å². The van der Waals surface area contributed by atoms with Gasteiger partial charge < -0.3 is 14.9 Å². The van der Waals surface area contributed by atoms with E-state index in [1.54, 1.807) is 19.1 Å². The van der Waals surface area contributed by atoms with Crippen molar-refractivity contribution in [2.75, 3.05) is 6.61 Å². The Kier molecular flexibility index (Phi) is 4.84. The number of allylic oxidation sites excluding steroid dienone is 1. The van der Waals surface area contributed by atoms with Gasteiger partial charge >= 0.3 is 13.5 Å². The minimum atomic E-state index is -4.59. The van der Waals surface area contributed by atoms with Crippen LogP contribution in [0.1, 0.15) is 18.0 Å². The van der Waals surface area contributed by atoms with Gasteiger partial charge in [0.1, 0.15) is 0 Å². The molecule has 0 saturated heterocycles. The van der Waals surface area contributed by atoms with E-state index < -0.39 is 37.1 Å². The summed E-state index contributed by atoms with van der Waals surface area (Å²) in [6, 6.07) is -0.454. The molecule has 22 heavy (non-hydrogen) atoms. The summed E-state index contributed by atoms with van der Waals surface area (Å²) in [4.78, 5) is 42.7. The van der Waals surface area contributed by atoms with Gasteiger partial charge in [0, 0.05) is 17.7 Å². The van der Waals surface area contributed by atoms with E-state index in [0.29, 0.717) is 5.56 Å². The van der Waals surface area contributed by atoms with Gasteiger partial charge in [0.05, 0.1) is 18.8 Å². The number of aryl methyl sites for hydroxylation is 1. The van der Waals surface area contributed by atoms with Crippen LogP contribution in [-0.4, -0.2) is 37.2 Å². The van der Waals surface area contributed by atoms with Gasteiger partial charge in [0.25, 0.3) is 5.56 Å². The molecule has 0 spiro atoms. The van der Waals surface area contributed by atoms with Crippen molar-refractivity contribution in [3.63, 3.8) is 0 Å². The van der Waals surface area contributed by atoms with Gasteiger partial charge in [-0.05, 0) is 13.3 Å². The van der Waals surface area contributed by atoms with Gasteiger partial charge in [-0.15, -0.1) is 0 Å². The summed E-state index contributed by atoms with van der Waals surface area (Å²) in [7, 11) is -4.59. The third kappa shape index (κ3) is 4.02. The Bertz CT molecular complexity index is 732. The molecule has 0 bridgehead atoms. The Balaban J connectivity index is 2.17. The van der Waals surface area contributed by atoms with Crippen LogP contribution >= 0.6 is 7.82 Å². The number of hydrogen-bond acceptors (Lipinski definition) is 5. The maximum Gasteiger partial charge on any atom is 0.469 e. The summed E-state index contributed by atoms with van der Waals surface area (Å²) >= 11 is 0. The van der Waals surface area contributed by atoms with Crippen LogP contribution in [-0.2, 0) is 9.09 Å². The average molecular weight is 332 g/mol. The second-order valence-corrected chi connectivity index (χ2v) is 6.42. The number of nitrogens with one attached hydrogen (secondary N) is 1. The average Bonchev–Trinajstić information content (AvgIpc) is 2.40. The number of aromatic nitrogens is 2. The molecular formula is C12H17N2O7P. The van der Waals surface area contributed by atoms with Crippen molar-refractivity contribution < 1.29 is 24.0 Å². The molecule has 4 N–H and O–H groups in total. The monoisotopic (exact) mass is 332 g/mol. The first-order chi connectivity index (χ1) is 10.2. The number of rotatable bonds is 4. The smallest absolute Gasteiger partial charge is 0.392 e. The lowest BCUT2D eigenvalue weighted by molar-refractivity contribution is 0.0658. The number of hydrogen-bond donors (Lipinski definition) is 4. The first-order valence-electron chi connectivity index (χ1n) is 6.56. The largest absolute Gasteiger partial charge is 0.469 e. The fourth-order valence-corrected chi connectivity index (χ4v) is 2.65. The van der Waals surface area contributed by atoms with Crippen molar-refractivity contribution >= 4 is 7.82 Å². The second kappa shape index (κ2) is 6.31. The second-order valence-electron chi connectivity index (χ2n) is 5.18. The lowest BCUT2D eigenvalue weighted by Gasteiger charge is -2.29. The third-order valence-corrected chi connectivity index (χ3v) is 3.98. The SMILES string of the molecule is Cc1cn([C@@H]2C=C[C@H](COP(=O)(O)O)[C@@H](O)C2)c(=O)[nH]c1=O. The molecule has 2 rings (SSSR count). The number of aliphatic hydroxyl groups excluding tert-OH is 1. The predicted molar refractivity (Wildman–Crippen MR) is 76.3 cm³/mol. The Morgan fingerprint density at radius 2 is 2.09 bits per heavy atom. The molecule has 0 aliphatic heterocycles. The van der Waals surface area contributed by atoms with Crippen molar-refractivity contribution in [1.82, 2.24) is 9.55 Å². The minimum Gasteiger partial charge on any atom is -0.392 e. The van der Waals surface area contributed by atoms with Crippen molar-refractivity contribution in [1.29, 1.82) is 0 Å². The Morgan fingerprint density at radius 3 is 2.68 bits per heavy atom. The van der Waals surface area contributed by atoms with Gasteiger partial charge in [-0.3, -0.25) is 18.9 Å². The molecule has 0 unspecified atom stereocenters. The molecule has 1 heterocycles. The number of phosphoric acid groups is 1. The maximum absolute atomic E-state index is 11.8. The molecule has 10 heteroatoms. The predicted octanol–water partition coefficient (Wildman–Crippen LogP) is -0.568. The number of nitrogens with zero attached hydrogens (tertiary/aromatic N) is 1. The summed E-state index contributed by atoms with van der Waals surface area (Å²) in [6.45, 7) is 1.24. The molecule has 0 fully saturated rings. The zero-order valence-electron chi connectivity index (χ0n) is 11.7. The van der Waals surface area contributed by atoms with E-state index in [-0.39, 0.29) is 13.0 Å². The standard InChI is InChI=1S/C12H17N2O7P/c1-7-5-14(12(17)13-11(7)16)9-3-2-8(10(15)4-9)6-21-22(18,19)20/h2-3,5,8-10,15H,4,6H2,1H3,(H,13,16,17)(H2,18,19,20)/t8-,9-,10+/m1/s1. The van der Waals surface area contributed by atoms with E-state index >= 15 is 0 Å². The van der Waals surface area contributed by atoms with Crippen LogP contribution < -0.4 is 11.2 Å². The molecule has 0 radical (unpaired) electrons. The van der Waals surface area contributed by atoms with E-state index in [1.165, 1.54) is 10.8 Å². The van der Waals surface area contributed by atoms with Crippen LogP contribution in [0.4, 0.5) is 0 Å². The first kappa shape index (κ1) is 16.9. The topological polar surface area (TPSA) is 142 Å². The molecule has 1 aliphatic rings. The van der Waals surface area contributed by atoms with Gasteiger partial charge in [0.2, 0.25) is 0 Å². The highest BCUT2D eigenvalue weighted by molar-refractivity contribution is 7.46. The van der Waals surface area contributed by atoms with Crippen LogP contribution in [0.25, 0.3) is 0 Å². The fourth-order valence-electron chi connectivity index (χ4n) is 2.29. The van der Waals surface area contributed by atoms with Gasteiger partial charge in [-0.2, -0.15) is 0 Å². The molecule has 122 valence electrons. The Labute approximate surface area is 125 Å². The zero-order chi connectivity index (χ0) is 16.5. The van der Waals surface area contributed by atoms with Crippen LogP contribution in [0, 0.1) is 12.8 Å². The van der Waals surface area contributed by atoms with E-state index in [1.807, 2.05) is 0 Å². The first-order valence-corrected chi connectivity index (χ1v) is 8.09. The molecule has 0 aromatic carbocycles.